The fourth-order valence-electron chi connectivity index (χ4n) is 2.89. The number of esters is 1. The minimum Gasteiger partial charge on any atom is -0.465 e. The minimum absolute atomic E-state index is 0.0921. The number of anilines is 2. The van der Waals surface area contributed by atoms with E-state index in [4.69, 9.17) is 4.74 Å². The van der Waals surface area contributed by atoms with Crippen LogP contribution in [0, 0.1) is 0 Å². The molecule has 0 bridgehead atoms. The fraction of sp³-hybridized carbons (Fsp3) is 0.286. The van der Waals surface area contributed by atoms with E-state index in [-0.39, 0.29) is 30.3 Å². The normalized spacial score (nSPS) is 10.2. The van der Waals surface area contributed by atoms with Crippen LogP contribution in [0.1, 0.15) is 30.6 Å². The molecule has 0 fully saturated rings. The number of ether oxygens (including phenoxy) is 1. The van der Waals surface area contributed by atoms with Crippen molar-refractivity contribution in [2.75, 3.05) is 30.0 Å². The second kappa shape index (κ2) is 9.52. The van der Waals surface area contributed by atoms with Crippen LogP contribution in [0.3, 0.4) is 0 Å². The molecule has 0 saturated heterocycles. The number of carbonyl (C=O) groups excluding carboxylic acids is 3. The van der Waals surface area contributed by atoms with Crippen molar-refractivity contribution in [3.05, 3.63) is 60.2 Å². The van der Waals surface area contributed by atoms with E-state index in [0.717, 1.165) is 5.69 Å². The van der Waals surface area contributed by atoms with Crippen LogP contribution >= 0.6 is 0 Å². The Morgan fingerprint density at radius 2 is 1.56 bits per heavy atom. The molecule has 0 unspecified atom stereocenters. The molecule has 27 heavy (non-hydrogen) atoms. The zero-order valence-electron chi connectivity index (χ0n) is 15.8. The van der Waals surface area contributed by atoms with Gasteiger partial charge in [0, 0.05) is 32.1 Å². The third-order valence-corrected chi connectivity index (χ3v) is 4.21. The largest absolute Gasteiger partial charge is 0.465 e. The van der Waals surface area contributed by atoms with Crippen LogP contribution in [0.2, 0.25) is 0 Å². The van der Waals surface area contributed by atoms with E-state index >= 15 is 0 Å². The topological polar surface area (TPSA) is 66.9 Å². The van der Waals surface area contributed by atoms with Gasteiger partial charge in [-0.15, -0.1) is 0 Å². The number of carbonyl (C=O) groups is 3. The Labute approximate surface area is 159 Å². The van der Waals surface area contributed by atoms with Gasteiger partial charge in [-0.25, -0.2) is 4.79 Å². The van der Waals surface area contributed by atoms with E-state index in [1.165, 1.54) is 18.9 Å². The summed E-state index contributed by atoms with van der Waals surface area (Å²) >= 11 is 0. The Hall–Kier alpha value is -3.15. The number of methoxy groups -OCH3 is 1. The van der Waals surface area contributed by atoms with E-state index in [1.54, 1.807) is 29.2 Å². The van der Waals surface area contributed by atoms with Gasteiger partial charge in [-0.2, -0.15) is 0 Å². The van der Waals surface area contributed by atoms with Gasteiger partial charge >= 0.3 is 5.97 Å². The third kappa shape index (κ3) is 4.94. The zero-order valence-corrected chi connectivity index (χ0v) is 15.8. The summed E-state index contributed by atoms with van der Waals surface area (Å²) in [6.07, 6.45) is 0.137. The average molecular weight is 368 g/mol. The van der Waals surface area contributed by atoms with E-state index in [1.807, 2.05) is 37.3 Å². The van der Waals surface area contributed by atoms with Gasteiger partial charge in [0.05, 0.1) is 18.4 Å². The first-order chi connectivity index (χ1) is 13.0. The molecule has 2 aromatic rings. The molecule has 2 aromatic carbocycles. The lowest BCUT2D eigenvalue weighted by molar-refractivity contribution is -0.118. The standard InChI is InChI=1S/C21H24N2O4/c1-4-22(17-10-6-5-7-11-17)20(25)14-15-23(16(2)24)19-13-9-8-12-18(19)21(26)27-3/h5-13H,4,14-15H2,1-3H3. The molecule has 0 aromatic heterocycles. The number of nitrogens with zero attached hydrogens (tertiary/aromatic N) is 2. The Morgan fingerprint density at radius 1 is 0.926 bits per heavy atom. The molecule has 6 heteroatoms. The number of amides is 2. The molecule has 0 aliphatic rings. The highest BCUT2D eigenvalue weighted by molar-refractivity contribution is 6.02. The van der Waals surface area contributed by atoms with Crippen molar-refractivity contribution in [1.29, 1.82) is 0 Å². The van der Waals surface area contributed by atoms with Crippen molar-refractivity contribution in [2.24, 2.45) is 0 Å². The molecule has 0 atom stereocenters. The fourth-order valence-corrected chi connectivity index (χ4v) is 2.89. The summed E-state index contributed by atoms with van der Waals surface area (Å²) in [6.45, 7) is 4.01. The van der Waals surface area contributed by atoms with Crippen molar-refractivity contribution in [2.45, 2.75) is 20.3 Å². The molecule has 2 amide bonds. The van der Waals surface area contributed by atoms with Gasteiger partial charge in [-0.1, -0.05) is 30.3 Å². The molecule has 6 nitrogen and oxygen atoms in total. The first-order valence-electron chi connectivity index (χ1n) is 8.80. The molecule has 0 aliphatic heterocycles. The average Bonchev–Trinajstić information content (AvgIpc) is 2.69. The van der Waals surface area contributed by atoms with Crippen LogP contribution in [0.4, 0.5) is 11.4 Å². The number of benzene rings is 2. The summed E-state index contributed by atoms with van der Waals surface area (Å²) in [4.78, 5) is 40.0. The number of hydrogen-bond acceptors (Lipinski definition) is 4. The van der Waals surface area contributed by atoms with Crippen LogP contribution in [-0.4, -0.2) is 38.0 Å². The lowest BCUT2D eigenvalue weighted by atomic mass is 10.1. The molecule has 142 valence electrons. The molecule has 0 aliphatic carbocycles. The van der Waals surface area contributed by atoms with Gasteiger partial charge in [0.25, 0.3) is 0 Å². The molecular weight excluding hydrogens is 344 g/mol. The van der Waals surface area contributed by atoms with Gasteiger partial charge in [-0.05, 0) is 31.2 Å². The summed E-state index contributed by atoms with van der Waals surface area (Å²) in [5.41, 5.74) is 1.54. The molecule has 0 N–H and O–H groups in total. The molecule has 0 heterocycles. The first kappa shape index (κ1) is 20.2. The van der Waals surface area contributed by atoms with Gasteiger partial charge in [0.1, 0.15) is 0 Å². The number of para-hydroxylation sites is 2. The summed E-state index contributed by atoms with van der Waals surface area (Å²) in [5.74, 6) is -0.866. The SMILES string of the molecule is CCN(C(=O)CCN(C(C)=O)c1ccccc1C(=O)OC)c1ccccc1. The van der Waals surface area contributed by atoms with E-state index in [0.29, 0.717) is 12.2 Å². The van der Waals surface area contributed by atoms with Crippen LogP contribution in [0.25, 0.3) is 0 Å². The molecular formula is C21H24N2O4. The van der Waals surface area contributed by atoms with Crippen LogP contribution in [-0.2, 0) is 14.3 Å². The molecule has 0 radical (unpaired) electrons. The van der Waals surface area contributed by atoms with E-state index in [9.17, 15) is 14.4 Å². The second-order valence-electron chi connectivity index (χ2n) is 5.90. The van der Waals surface area contributed by atoms with Crippen molar-refractivity contribution < 1.29 is 19.1 Å². The van der Waals surface area contributed by atoms with Crippen LogP contribution in [0.15, 0.2) is 54.6 Å². The van der Waals surface area contributed by atoms with Crippen molar-refractivity contribution in [3.8, 4) is 0 Å². The van der Waals surface area contributed by atoms with E-state index < -0.39 is 5.97 Å². The maximum Gasteiger partial charge on any atom is 0.339 e. The highest BCUT2D eigenvalue weighted by atomic mass is 16.5. The first-order valence-corrected chi connectivity index (χ1v) is 8.80. The summed E-state index contributed by atoms with van der Waals surface area (Å²) < 4.78 is 4.79. The minimum atomic E-state index is -0.525. The predicted octanol–water partition coefficient (Wildman–Crippen LogP) is 3.27. The van der Waals surface area contributed by atoms with Crippen molar-refractivity contribution >= 4 is 29.2 Å². The van der Waals surface area contributed by atoms with Gasteiger partial charge in [0.2, 0.25) is 11.8 Å². The van der Waals surface area contributed by atoms with Gasteiger partial charge < -0.3 is 14.5 Å². The predicted molar refractivity (Wildman–Crippen MR) is 105 cm³/mol. The van der Waals surface area contributed by atoms with Crippen LogP contribution in [0.5, 0.6) is 0 Å². The molecule has 0 spiro atoms. The second-order valence-corrected chi connectivity index (χ2v) is 5.90. The van der Waals surface area contributed by atoms with Gasteiger partial charge in [-0.3, -0.25) is 9.59 Å². The Kier molecular flexibility index (Phi) is 7.11. The highest BCUT2D eigenvalue weighted by Crippen LogP contribution is 2.22. The smallest absolute Gasteiger partial charge is 0.339 e. The molecule has 0 saturated carbocycles. The van der Waals surface area contributed by atoms with E-state index in [2.05, 4.69) is 0 Å². The molecule has 2 rings (SSSR count). The summed E-state index contributed by atoms with van der Waals surface area (Å²) in [6, 6.07) is 16.1. The highest BCUT2D eigenvalue weighted by Gasteiger charge is 2.22. The monoisotopic (exact) mass is 368 g/mol. The maximum absolute atomic E-state index is 12.7. The lowest BCUT2D eigenvalue weighted by Gasteiger charge is -2.25. The lowest BCUT2D eigenvalue weighted by Crippen LogP contribution is -2.37. The Morgan fingerprint density at radius 3 is 2.15 bits per heavy atom. The zero-order chi connectivity index (χ0) is 19.8. The summed E-state index contributed by atoms with van der Waals surface area (Å²) in [7, 11) is 1.29. The van der Waals surface area contributed by atoms with Crippen molar-refractivity contribution in [1.82, 2.24) is 0 Å². The Balaban J connectivity index is 2.19. The quantitative estimate of drug-likeness (QED) is 0.704. The number of hydrogen-bond donors (Lipinski definition) is 0. The summed E-state index contributed by atoms with van der Waals surface area (Å²) in [5, 5.41) is 0. The third-order valence-electron chi connectivity index (χ3n) is 4.21. The Bertz CT molecular complexity index is 805. The van der Waals surface area contributed by atoms with Crippen molar-refractivity contribution in [3.63, 3.8) is 0 Å². The maximum atomic E-state index is 12.7. The van der Waals surface area contributed by atoms with Crippen LogP contribution < -0.4 is 9.80 Å². The number of rotatable bonds is 7. The van der Waals surface area contributed by atoms with Gasteiger partial charge in [0.15, 0.2) is 0 Å².